The van der Waals surface area contributed by atoms with E-state index in [1.807, 2.05) is 0 Å². The van der Waals surface area contributed by atoms with Gasteiger partial charge in [0.1, 0.15) is 5.69 Å². The molecule has 1 atom stereocenters. The Hall–Kier alpha value is -2.68. The summed E-state index contributed by atoms with van der Waals surface area (Å²) in [5.41, 5.74) is 0.170. The number of nitrogens with zero attached hydrogens (tertiary/aromatic N) is 2. The van der Waals surface area contributed by atoms with Crippen molar-refractivity contribution in [3.8, 4) is 0 Å². The molecule has 0 aliphatic heterocycles. The van der Waals surface area contributed by atoms with Gasteiger partial charge in [0.05, 0.1) is 33.2 Å². The topological polar surface area (TPSA) is 105 Å². The highest BCUT2D eigenvalue weighted by Gasteiger charge is 2.23. The first-order valence-electron chi connectivity index (χ1n) is 8.19. The third-order valence-corrected chi connectivity index (χ3v) is 4.65. The molecule has 2 aromatic carbocycles. The zero-order valence-electron chi connectivity index (χ0n) is 15.1. The molecular formula is C18H18Cl2N4O4. The SMILES string of the molecule is CC(C(=O)Nc1ccccc1[N+](=O)[O-])N(C)CC(=O)Nc1c(Cl)cccc1Cl. The Kier molecular flexibility index (Phi) is 7.33. The van der Waals surface area contributed by atoms with Gasteiger partial charge in [0.2, 0.25) is 11.8 Å². The van der Waals surface area contributed by atoms with Gasteiger partial charge < -0.3 is 10.6 Å². The molecule has 2 amide bonds. The van der Waals surface area contributed by atoms with Crippen LogP contribution < -0.4 is 10.6 Å². The highest BCUT2D eigenvalue weighted by molar-refractivity contribution is 6.39. The van der Waals surface area contributed by atoms with E-state index in [0.29, 0.717) is 15.7 Å². The summed E-state index contributed by atoms with van der Waals surface area (Å²) in [6, 6.07) is 9.94. The summed E-state index contributed by atoms with van der Waals surface area (Å²) in [4.78, 5) is 36.7. The molecule has 0 spiro atoms. The van der Waals surface area contributed by atoms with Gasteiger partial charge in [-0.05, 0) is 32.2 Å². The number of carbonyl (C=O) groups excluding carboxylic acids is 2. The molecule has 0 saturated carbocycles. The Morgan fingerprint density at radius 2 is 1.71 bits per heavy atom. The number of carbonyl (C=O) groups is 2. The number of anilines is 2. The summed E-state index contributed by atoms with van der Waals surface area (Å²) in [5, 5.41) is 16.8. The average Bonchev–Trinajstić information content (AvgIpc) is 2.64. The molecule has 28 heavy (non-hydrogen) atoms. The molecule has 0 saturated heterocycles. The third-order valence-electron chi connectivity index (χ3n) is 4.02. The van der Waals surface area contributed by atoms with Crippen molar-refractivity contribution < 1.29 is 14.5 Å². The molecule has 0 aliphatic carbocycles. The Balaban J connectivity index is 2.00. The molecular weight excluding hydrogens is 407 g/mol. The van der Waals surface area contributed by atoms with Gasteiger partial charge in [0, 0.05) is 6.07 Å². The van der Waals surface area contributed by atoms with Gasteiger partial charge in [-0.2, -0.15) is 0 Å². The lowest BCUT2D eigenvalue weighted by Gasteiger charge is -2.23. The molecule has 148 valence electrons. The summed E-state index contributed by atoms with van der Waals surface area (Å²) < 4.78 is 0. The Labute approximate surface area is 171 Å². The summed E-state index contributed by atoms with van der Waals surface area (Å²) in [5.74, 6) is -0.900. The maximum Gasteiger partial charge on any atom is 0.292 e. The van der Waals surface area contributed by atoms with Crippen LogP contribution in [0.3, 0.4) is 0 Å². The van der Waals surface area contributed by atoms with Crippen LogP contribution in [0.2, 0.25) is 10.0 Å². The minimum atomic E-state index is -0.729. The molecule has 0 fully saturated rings. The second-order valence-electron chi connectivity index (χ2n) is 6.00. The molecule has 0 heterocycles. The van der Waals surface area contributed by atoms with E-state index in [9.17, 15) is 19.7 Å². The normalized spacial score (nSPS) is 11.8. The third kappa shape index (κ3) is 5.41. The van der Waals surface area contributed by atoms with Crippen LogP contribution >= 0.6 is 23.2 Å². The predicted octanol–water partition coefficient (Wildman–Crippen LogP) is 3.80. The average molecular weight is 425 g/mol. The Morgan fingerprint density at radius 3 is 2.32 bits per heavy atom. The fourth-order valence-electron chi connectivity index (χ4n) is 2.34. The van der Waals surface area contributed by atoms with E-state index < -0.39 is 22.8 Å². The van der Waals surface area contributed by atoms with Gasteiger partial charge in [-0.3, -0.25) is 24.6 Å². The maximum atomic E-state index is 12.4. The Morgan fingerprint density at radius 1 is 1.11 bits per heavy atom. The number of para-hydroxylation sites is 3. The first-order chi connectivity index (χ1) is 13.2. The van der Waals surface area contributed by atoms with Crippen LogP contribution in [0.1, 0.15) is 6.92 Å². The van der Waals surface area contributed by atoms with Gasteiger partial charge in [-0.15, -0.1) is 0 Å². The summed E-state index contributed by atoms with van der Waals surface area (Å²) in [7, 11) is 1.58. The van der Waals surface area contributed by atoms with Crippen LogP contribution in [-0.4, -0.2) is 41.3 Å². The second kappa shape index (κ2) is 9.50. The molecule has 2 N–H and O–H groups in total. The van der Waals surface area contributed by atoms with Gasteiger partial charge in [0.25, 0.3) is 5.69 Å². The molecule has 0 bridgehead atoms. The number of amides is 2. The minimum absolute atomic E-state index is 0.0880. The molecule has 2 rings (SSSR count). The summed E-state index contributed by atoms with van der Waals surface area (Å²) in [6.07, 6.45) is 0. The largest absolute Gasteiger partial charge is 0.322 e. The van der Waals surface area contributed by atoms with Crippen molar-refractivity contribution in [3.63, 3.8) is 0 Å². The van der Waals surface area contributed by atoms with E-state index in [1.165, 1.54) is 23.1 Å². The highest BCUT2D eigenvalue weighted by atomic mass is 35.5. The first kappa shape index (κ1) is 21.6. The number of nitrogens with one attached hydrogen (secondary N) is 2. The van der Waals surface area contributed by atoms with Crippen molar-refractivity contribution >= 4 is 52.1 Å². The lowest BCUT2D eigenvalue weighted by Crippen LogP contribution is -2.43. The number of rotatable bonds is 7. The quantitative estimate of drug-likeness (QED) is 0.519. The van der Waals surface area contributed by atoms with E-state index in [1.54, 1.807) is 38.2 Å². The molecule has 0 radical (unpaired) electrons. The van der Waals surface area contributed by atoms with Crippen molar-refractivity contribution in [2.75, 3.05) is 24.2 Å². The van der Waals surface area contributed by atoms with E-state index in [0.717, 1.165) is 0 Å². The molecule has 1 unspecified atom stereocenters. The van der Waals surface area contributed by atoms with Crippen molar-refractivity contribution in [2.24, 2.45) is 0 Å². The molecule has 2 aromatic rings. The number of halogens is 2. The van der Waals surface area contributed by atoms with Gasteiger partial charge in [0.15, 0.2) is 0 Å². The zero-order valence-corrected chi connectivity index (χ0v) is 16.6. The van der Waals surface area contributed by atoms with Crippen LogP contribution in [-0.2, 0) is 9.59 Å². The van der Waals surface area contributed by atoms with Crippen molar-refractivity contribution in [1.29, 1.82) is 0 Å². The van der Waals surface area contributed by atoms with Gasteiger partial charge in [-0.1, -0.05) is 41.4 Å². The van der Waals surface area contributed by atoms with Crippen molar-refractivity contribution in [1.82, 2.24) is 4.90 Å². The minimum Gasteiger partial charge on any atom is -0.322 e. The second-order valence-corrected chi connectivity index (χ2v) is 6.81. The van der Waals surface area contributed by atoms with E-state index in [2.05, 4.69) is 10.6 Å². The highest BCUT2D eigenvalue weighted by Crippen LogP contribution is 2.29. The number of benzene rings is 2. The molecule has 10 heteroatoms. The molecule has 0 aromatic heterocycles. The fraction of sp³-hybridized carbons (Fsp3) is 0.222. The van der Waals surface area contributed by atoms with E-state index >= 15 is 0 Å². The number of likely N-dealkylation sites (N-methyl/N-ethyl adjacent to an activating group) is 1. The van der Waals surface area contributed by atoms with Crippen LogP contribution in [0.5, 0.6) is 0 Å². The molecule has 8 nitrogen and oxygen atoms in total. The van der Waals surface area contributed by atoms with Crippen LogP contribution in [0.25, 0.3) is 0 Å². The monoisotopic (exact) mass is 424 g/mol. The van der Waals surface area contributed by atoms with E-state index in [4.69, 9.17) is 23.2 Å². The molecule has 0 aliphatic rings. The van der Waals surface area contributed by atoms with Crippen LogP contribution in [0.15, 0.2) is 42.5 Å². The van der Waals surface area contributed by atoms with Crippen LogP contribution in [0, 0.1) is 10.1 Å². The predicted molar refractivity (Wildman–Crippen MR) is 109 cm³/mol. The standard InChI is InChI=1S/C18H18Cl2N4O4/c1-11(18(26)21-14-8-3-4-9-15(14)24(27)28)23(2)10-16(25)22-17-12(19)6-5-7-13(17)20/h3-9,11H,10H2,1-2H3,(H,21,26)(H,22,25). The van der Waals surface area contributed by atoms with Gasteiger partial charge in [-0.25, -0.2) is 0 Å². The van der Waals surface area contributed by atoms with Crippen LogP contribution in [0.4, 0.5) is 17.1 Å². The fourth-order valence-corrected chi connectivity index (χ4v) is 2.83. The lowest BCUT2D eigenvalue weighted by atomic mass is 10.2. The summed E-state index contributed by atoms with van der Waals surface area (Å²) in [6.45, 7) is 1.47. The number of hydrogen-bond acceptors (Lipinski definition) is 5. The van der Waals surface area contributed by atoms with E-state index in [-0.39, 0.29) is 17.9 Å². The lowest BCUT2D eigenvalue weighted by molar-refractivity contribution is -0.383. The maximum absolute atomic E-state index is 12.4. The summed E-state index contributed by atoms with van der Waals surface area (Å²) >= 11 is 12.0. The number of nitro groups is 1. The van der Waals surface area contributed by atoms with Crippen molar-refractivity contribution in [2.45, 2.75) is 13.0 Å². The Bertz CT molecular complexity index is 887. The first-order valence-corrected chi connectivity index (χ1v) is 8.94. The van der Waals surface area contributed by atoms with Gasteiger partial charge >= 0.3 is 0 Å². The zero-order chi connectivity index (χ0) is 20.8. The smallest absolute Gasteiger partial charge is 0.292 e. The van der Waals surface area contributed by atoms with Crippen molar-refractivity contribution in [3.05, 3.63) is 62.6 Å². The number of nitro benzene ring substituents is 1. The number of hydrogen-bond donors (Lipinski definition) is 2.